The number of carbonyl (C=O) groups is 3. The molecule has 1 aromatic heterocycles. The van der Waals surface area contributed by atoms with Crippen LogP contribution < -0.4 is 15.1 Å². The summed E-state index contributed by atoms with van der Waals surface area (Å²) >= 11 is 6.84. The highest BCUT2D eigenvalue weighted by Gasteiger charge is 2.53. The number of halogens is 4. The second-order valence-corrected chi connectivity index (χ2v) is 12.9. The van der Waals surface area contributed by atoms with E-state index in [9.17, 15) is 28.4 Å². The van der Waals surface area contributed by atoms with E-state index in [2.05, 4.69) is 10.3 Å². The van der Waals surface area contributed by atoms with Gasteiger partial charge in [0.2, 0.25) is 11.8 Å². The average Bonchev–Trinajstić information content (AvgIpc) is 3.77. The summed E-state index contributed by atoms with van der Waals surface area (Å²) in [7, 11) is 0. The molecule has 8 nitrogen and oxygen atoms in total. The van der Waals surface area contributed by atoms with Crippen LogP contribution in [0, 0.1) is 22.6 Å². The van der Waals surface area contributed by atoms with Crippen molar-refractivity contribution < 1.29 is 27.6 Å². The van der Waals surface area contributed by atoms with Crippen LogP contribution >= 0.6 is 11.6 Å². The van der Waals surface area contributed by atoms with E-state index in [-0.39, 0.29) is 35.8 Å². The predicted molar refractivity (Wildman–Crippen MR) is 161 cm³/mol. The summed E-state index contributed by atoms with van der Waals surface area (Å²) in [6.07, 6.45) is 8.73. The van der Waals surface area contributed by atoms with Crippen molar-refractivity contribution in [3.8, 4) is 6.07 Å². The highest BCUT2D eigenvalue weighted by molar-refractivity contribution is 6.23. The number of nitrogens with one attached hydrogen (secondary N) is 1. The van der Waals surface area contributed by atoms with Crippen molar-refractivity contribution in [2.24, 2.45) is 5.41 Å². The molecular weight excluding hydrogens is 607 g/mol. The molecular formula is C33H31ClF3N5O3. The van der Waals surface area contributed by atoms with Crippen LogP contribution in [0.2, 0.25) is 0 Å². The molecule has 1 saturated heterocycles. The van der Waals surface area contributed by atoms with Crippen LogP contribution in [0.4, 0.5) is 24.7 Å². The number of nitriles is 1. The van der Waals surface area contributed by atoms with Gasteiger partial charge in [-0.25, -0.2) is 18.2 Å². The summed E-state index contributed by atoms with van der Waals surface area (Å²) < 4.78 is 42.8. The standard InChI is InChI=1S/C33H31ClF3N5O3/c1-32(10-3-2-4-26(32)34)29(30(44)40-23-16-33(36,37)17-23)41(24-14-21(20-5-6-20)13-22(35)15-24)31(45)25-7-8-28(43)42(25)27-12-19(18-38)9-11-39-27/h2-4,9-15,20,23,25-26,29H,5-8,16-17H2,1H3,(H,40,44)/t25-,26?,29+,32?/m0/s1. The Morgan fingerprint density at radius 1 is 1.18 bits per heavy atom. The Balaban J connectivity index is 1.48. The number of anilines is 2. The lowest BCUT2D eigenvalue weighted by molar-refractivity contribution is -0.134. The second kappa shape index (κ2) is 11.6. The molecule has 2 heterocycles. The number of carbonyl (C=O) groups excluding carboxylic acids is 3. The van der Waals surface area contributed by atoms with Crippen LogP contribution in [0.5, 0.6) is 0 Å². The van der Waals surface area contributed by atoms with Gasteiger partial charge in [-0.05, 0) is 61.1 Å². The zero-order chi connectivity index (χ0) is 32.1. The third-order valence-electron chi connectivity index (χ3n) is 9.06. The molecule has 3 amide bonds. The van der Waals surface area contributed by atoms with Crippen molar-refractivity contribution in [3.05, 3.63) is 77.8 Å². The maximum atomic E-state index is 15.3. The fraction of sp³-hybridized carbons (Fsp3) is 0.424. The Morgan fingerprint density at radius 2 is 1.93 bits per heavy atom. The van der Waals surface area contributed by atoms with Gasteiger partial charge in [0.05, 0.1) is 17.0 Å². The third kappa shape index (κ3) is 5.96. The highest BCUT2D eigenvalue weighted by Crippen LogP contribution is 2.45. The first-order valence-electron chi connectivity index (χ1n) is 14.9. The molecule has 3 fully saturated rings. The Morgan fingerprint density at radius 3 is 2.60 bits per heavy atom. The van der Waals surface area contributed by atoms with E-state index in [1.165, 1.54) is 34.2 Å². The van der Waals surface area contributed by atoms with Gasteiger partial charge in [0.1, 0.15) is 23.7 Å². The Kier molecular flexibility index (Phi) is 7.98. The summed E-state index contributed by atoms with van der Waals surface area (Å²) in [4.78, 5) is 49.0. The maximum absolute atomic E-state index is 15.3. The molecule has 4 atom stereocenters. The number of hydrogen-bond acceptors (Lipinski definition) is 5. The SMILES string of the molecule is CC1([C@@H](C(=O)NC2CC(F)(F)C2)N(C(=O)[C@@H]2CCC(=O)N2c2cc(C#N)ccn2)c2cc(F)cc(C3CC3)c2)C=CC=CC1Cl. The number of pyridine rings is 1. The van der Waals surface area contributed by atoms with Gasteiger partial charge in [0.15, 0.2) is 0 Å². The first kappa shape index (κ1) is 30.8. The minimum absolute atomic E-state index is 0.00869. The van der Waals surface area contributed by atoms with Crippen molar-refractivity contribution in [2.45, 2.75) is 80.8 Å². The Bertz CT molecular complexity index is 1650. The summed E-state index contributed by atoms with van der Waals surface area (Å²) in [6.45, 7) is 1.68. The summed E-state index contributed by atoms with van der Waals surface area (Å²) in [5.41, 5.74) is -0.295. The van der Waals surface area contributed by atoms with Crippen molar-refractivity contribution in [1.82, 2.24) is 10.3 Å². The Hall–Kier alpha value is -4.17. The minimum atomic E-state index is -2.91. The van der Waals surface area contributed by atoms with Crippen LogP contribution in [0.3, 0.4) is 0 Å². The topological polar surface area (TPSA) is 106 Å². The molecule has 234 valence electrons. The average molecular weight is 638 g/mol. The quantitative estimate of drug-likeness (QED) is 0.384. The van der Waals surface area contributed by atoms with Crippen LogP contribution in [0.1, 0.15) is 62.5 Å². The van der Waals surface area contributed by atoms with Crippen LogP contribution in [0.15, 0.2) is 60.8 Å². The summed E-state index contributed by atoms with van der Waals surface area (Å²) in [6, 6.07) is 5.67. The first-order chi connectivity index (χ1) is 21.4. The van der Waals surface area contributed by atoms with Gasteiger partial charge in [-0.3, -0.25) is 24.2 Å². The van der Waals surface area contributed by atoms with Crippen molar-refractivity contribution in [3.63, 3.8) is 0 Å². The number of alkyl halides is 3. The highest BCUT2D eigenvalue weighted by atomic mass is 35.5. The molecule has 1 aromatic carbocycles. The molecule has 45 heavy (non-hydrogen) atoms. The Labute approximate surface area is 263 Å². The number of rotatable bonds is 8. The molecule has 1 N–H and O–H groups in total. The minimum Gasteiger partial charge on any atom is -0.351 e. The molecule has 4 aliphatic rings. The van der Waals surface area contributed by atoms with E-state index in [0.717, 1.165) is 18.9 Å². The number of amides is 3. The number of nitrogens with zero attached hydrogens (tertiary/aromatic N) is 4. The van der Waals surface area contributed by atoms with Gasteiger partial charge >= 0.3 is 0 Å². The largest absolute Gasteiger partial charge is 0.351 e. The monoisotopic (exact) mass is 637 g/mol. The summed E-state index contributed by atoms with van der Waals surface area (Å²) in [5, 5.41) is 11.3. The molecule has 3 aliphatic carbocycles. The number of aromatic nitrogens is 1. The summed E-state index contributed by atoms with van der Waals surface area (Å²) in [5.74, 6) is -5.16. The third-order valence-corrected chi connectivity index (χ3v) is 9.68. The van der Waals surface area contributed by atoms with Crippen LogP contribution in [0.25, 0.3) is 0 Å². The maximum Gasteiger partial charge on any atom is 0.252 e. The number of benzene rings is 1. The van der Waals surface area contributed by atoms with Gasteiger partial charge in [-0.15, -0.1) is 11.6 Å². The van der Waals surface area contributed by atoms with E-state index in [1.54, 1.807) is 37.3 Å². The van der Waals surface area contributed by atoms with E-state index in [4.69, 9.17) is 11.6 Å². The van der Waals surface area contributed by atoms with Gasteiger partial charge in [-0.1, -0.05) is 31.2 Å². The molecule has 6 rings (SSSR count). The molecule has 0 spiro atoms. The van der Waals surface area contributed by atoms with E-state index < -0.39 is 71.2 Å². The van der Waals surface area contributed by atoms with E-state index >= 15 is 4.39 Å². The van der Waals surface area contributed by atoms with Gasteiger partial charge in [-0.2, -0.15) is 5.26 Å². The second-order valence-electron chi connectivity index (χ2n) is 12.4. The fourth-order valence-corrected chi connectivity index (χ4v) is 6.74. The molecule has 2 aromatic rings. The van der Waals surface area contributed by atoms with Crippen molar-refractivity contribution in [2.75, 3.05) is 9.80 Å². The normalized spacial score (nSPS) is 26.2. The molecule has 1 aliphatic heterocycles. The fourth-order valence-electron chi connectivity index (χ4n) is 6.46. The molecule has 2 saturated carbocycles. The smallest absolute Gasteiger partial charge is 0.252 e. The van der Waals surface area contributed by atoms with Gasteiger partial charge < -0.3 is 5.32 Å². The molecule has 0 bridgehead atoms. The zero-order valence-corrected chi connectivity index (χ0v) is 25.2. The molecule has 0 radical (unpaired) electrons. The molecule has 12 heteroatoms. The predicted octanol–water partition coefficient (Wildman–Crippen LogP) is 5.52. The van der Waals surface area contributed by atoms with Gasteiger partial charge in [0.25, 0.3) is 11.8 Å². The lowest BCUT2D eigenvalue weighted by Gasteiger charge is -2.46. The number of allylic oxidation sites excluding steroid dienone is 3. The van der Waals surface area contributed by atoms with Crippen molar-refractivity contribution in [1.29, 1.82) is 5.26 Å². The molecule has 2 unspecified atom stereocenters. The van der Waals surface area contributed by atoms with Crippen molar-refractivity contribution >= 4 is 40.8 Å². The van der Waals surface area contributed by atoms with E-state index in [0.29, 0.717) is 5.56 Å². The van der Waals surface area contributed by atoms with E-state index in [1.807, 2.05) is 6.07 Å². The number of hydrogen-bond donors (Lipinski definition) is 1. The lowest BCUT2D eigenvalue weighted by Crippen LogP contribution is -2.64. The van der Waals surface area contributed by atoms with Crippen LogP contribution in [-0.4, -0.2) is 52.1 Å². The zero-order valence-electron chi connectivity index (χ0n) is 24.4. The van der Waals surface area contributed by atoms with Gasteiger partial charge in [0, 0.05) is 42.6 Å². The lowest BCUT2D eigenvalue weighted by atomic mass is 9.74. The first-order valence-corrected chi connectivity index (χ1v) is 15.3. The van der Waals surface area contributed by atoms with Crippen LogP contribution in [-0.2, 0) is 14.4 Å².